The summed E-state index contributed by atoms with van der Waals surface area (Å²) in [5, 5.41) is -0.361. The summed E-state index contributed by atoms with van der Waals surface area (Å²) in [5.74, 6) is -1.23. The number of halogens is 3. The van der Waals surface area contributed by atoms with Crippen molar-refractivity contribution in [1.82, 2.24) is 0 Å². The smallest absolute Gasteiger partial charge is 0.350 e. The minimum absolute atomic E-state index is 0.0289. The van der Waals surface area contributed by atoms with Gasteiger partial charge in [-0.25, -0.2) is 9.59 Å². The average Bonchev–Trinajstić information content (AvgIpc) is 2.22. The Morgan fingerprint density at radius 3 is 2.13 bits per heavy atom. The van der Waals surface area contributed by atoms with Crippen LogP contribution in [0.15, 0.2) is 11.1 Å². The van der Waals surface area contributed by atoms with Crippen molar-refractivity contribution in [1.29, 1.82) is 0 Å². The SMILES string of the molecule is O=C(/C=C(\Cl)C(=O)OCCCl)OCCCl. The third-order valence-corrected chi connectivity index (χ3v) is 1.64. The Balaban J connectivity index is 4.05. The van der Waals surface area contributed by atoms with E-state index < -0.39 is 11.9 Å². The van der Waals surface area contributed by atoms with Crippen molar-refractivity contribution in [2.75, 3.05) is 25.0 Å². The molecule has 0 heterocycles. The minimum Gasteiger partial charge on any atom is -0.461 e. The second-order valence-electron chi connectivity index (χ2n) is 2.17. The average molecular weight is 276 g/mol. The molecule has 0 atom stereocenters. The van der Waals surface area contributed by atoms with Crippen LogP contribution in [-0.2, 0) is 19.1 Å². The highest BCUT2D eigenvalue weighted by Crippen LogP contribution is 2.04. The van der Waals surface area contributed by atoms with E-state index in [1.165, 1.54) is 0 Å². The van der Waals surface area contributed by atoms with Crippen molar-refractivity contribution in [2.45, 2.75) is 0 Å². The quantitative estimate of drug-likeness (QED) is 0.420. The molecule has 0 aromatic rings. The number of ether oxygens (including phenoxy) is 2. The van der Waals surface area contributed by atoms with Crippen molar-refractivity contribution in [2.24, 2.45) is 0 Å². The highest BCUT2D eigenvalue weighted by molar-refractivity contribution is 6.42. The molecule has 0 amide bonds. The van der Waals surface area contributed by atoms with Crippen molar-refractivity contribution in [3.05, 3.63) is 11.1 Å². The van der Waals surface area contributed by atoms with Gasteiger partial charge in [-0.3, -0.25) is 0 Å². The first kappa shape index (κ1) is 14.6. The molecule has 0 fully saturated rings. The molecule has 0 bridgehead atoms. The van der Waals surface area contributed by atoms with Crippen LogP contribution in [-0.4, -0.2) is 36.9 Å². The van der Waals surface area contributed by atoms with E-state index >= 15 is 0 Å². The monoisotopic (exact) mass is 274 g/mol. The molecule has 0 aromatic heterocycles. The molecular formula is C8H9Cl3O4. The van der Waals surface area contributed by atoms with Crippen LogP contribution in [0.1, 0.15) is 0 Å². The lowest BCUT2D eigenvalue weighted by atomic mass is 10.5. The van der Waals surface area contributed by atoms with Crippen molar-refractivity contribution in [3.63, 3.8) is 0 Å². The van der Waals surface area contributed by atoms with Gasteiger partial charge in [0.1, 0.15) is 18.2 Å². The van der Waals surface area contributed by atoms with Crippen molar-refractivity contribution >= 4 is 46.7 Å². The number of hydrogen-bond donors (Lipinski definition) is 0. The molecule has 15 heavy (non-hydrogen) atoms. The lowest BCUT2D eigenvalue weighted by Crippen LogP contribution is -2.10. The van der Waals surface area contributed by atoms with E-state index in [1.807, 2.05) is 0 Å². The topological polar surface area (TPSA) is 52.6 Å². The van der Waals surface area contributed by atoms with Crippen LogP contribution in [0.4, 0.5) is 0 Å². The molecule has 0 aliphatic rings. The molecule has 0 rings (SSSR count). The normalized spacial score (nSPS) is 11.0. The predicted molar refractivity (Wildman–Crippen MR) is 57.3 cm³/mol. The fourth-order valence-corrected chi connectivity index (χ4v) is 0.841. The first-order chi connectivity index (χ1) is 7.11. The highest BCUT2D eigenvalue weighted by Gasteiger charge is 2.10. The van der Waals surface area contributed by atoms with Gasteiger partial charge in [0.15, 0.2) is 0 Å². The van der Waals surface area contributed by atoms with Gasteiger partial charge in [-0.15, -0.1) is 23.2 Å². The maximum Gasteiger partial charge on any atom is 0.350 e. The van der Waals surface area contributed by atoms with E-state index in [1.54, 1.807) is 0 Å². The van der Waals surface area contributed by atoms with Gasteiger partial charge in [0.25, 0.3) is 0 Å². The Hall–Kier alpha value is -0.450. The molecular weight excluding hydrogens is 266 g/mol. The van der Waals surface area contributed by atoms with Crippen LogP contribution >= 0.6 is 34.8 Å². The van der Waals surface area contributed by atoms with Gasteiger partial charge in [0.2, 0.25) is 0 Å². The minimum atomic E-state index is -0.819. The van der Waals surface area contributed by atoms with Crippen LogP contribution in [0.3, 0.4) is 0 Å². The molecule has 0 unspecified atom stereocenters. The first-order valence-electron chi connectivity index (χ1n) is 3.94. The maximum atomic E-state index is 11.0. The fourth-order valence-electron chi connectivity index (χ4n) is 0.543. The fraction of sp³-hybridized carbons (Fsp3) is 0.500. The molecule has 0 saturated carbocycles. The number of hydrogen-bond acceptors (Lipinski definition) is 4. The van der Waals surface area contributed by atoms with Crippen LogP contribution < -0.4 is 0 Å². The van der Waals surface area contributed by atoms with Crippen molar-refractivity contribution in [3.8, 4) is 0 Å². The maximum absolute atomic E-state index is 11.0. The zero-order valence-corrected chi connectivity index (χ0v) is 9.94. The zero-order valence-electron chi connectivity index (χ0n) is 7.67. The van der Waals surface area contributed by atoms with E-state index in [0.717, 1.165) is 6.08 Å². The third-order valence-electron chi connectivity index (χ3n) is 1.07. The number of alkyl halides is 2. The Kier molecular flexibility index (Phi) is 8.56. The molecule has 86 valence electrons. The predicted octanol–water partition coefficient (Wildman–Crippen LogP) is 1.67. The third kappa shape index (κ3) is 7.48. The highest BCUT2D eigenvalue weighted by atomic mass is 35.5. The van der Waals surface area contributed by atoms with Crippen LogP contribution in [0, 0.1) is 0 Å². The van der Waals surface area contributed by atoms with Crippen LogP contribution in [0.5, 0.6) is 0 Å². The number of carbonyl (C=O) groups is 2. The Morgan fingerprint density at radius 1 is 1.07 bits per heavy atom. The summed E-state index contributed by atoms with van der Waals surface area (Å²) in [5.41, 5.74) is 0. The van der Waals surface area contributed by atoms with E-state index in [4.69, 9.17) is 34.8 Å². The Labute approximate surface area is 102 Å². The van der Waals surface area contributed by atoms with Crippen molar-refractivity contribution < 1.29 is 19.1 Å². The second kappa shape index (κ2) is 8.83. The van der Waals surface area contributed by atoms with Gasteiger partial charge in [0.05, 0.1) is 11.8 Å². The first-order valence-corrected chi connectivity index (χ1v) is 5.39. The van der Waals surface area contributed by atoms with Gasteiger partial charge in [0, 0.05) is 6.08 Å². The number of esters is 2. The molecule has 0 saturated heterocycles. The molecule has 4 nitrogen and oxygen atoms in total. The lowest BCUT2D eigenvalue weighted by molar-refractivity contribution is -0.140. The van der Waals surface area contributed by atoms with E-state index in [0.29, 0.717) is 0 Å². The summed E-state index contributed by atoms with van der Waals surface area (Å²) in [7, 11) is 0. The molecule has 0 spiro atoms. The van der Waals surface area contributed by atoms with Gasteiger partial charge >= 0.3 is 11.9 Å². The number of carbonyl (C=O) groups excluding carboxylic acids is 2. The largest absolute Gasteiger partial charge is 0.461 e. The van der Waals surface area contributed by atoms with Crippen LogP contribution in [0.2, 0.25) is 0 Å². The van der Waals surface area contributed by atoms with E-state index in [9.17, 15) is 9.59 Å². The second-order valence-corrected chi connectivity index (χ2v) is 3.34. The summed E-state index contributed by atoms with van der Waals surface area (Å²) in [6, 6.07) is 0. The van der Waals surface area contributed by atoms with Gasteiger partial charge < -0.3 is 9.47 Å². The molecule has 0 radical (unpaired) electrons. The van der Waals surface area contributed by atoms with Crippen LogP contribution in [0.25, 0.3) is 0 Å². The van der Waals surface area contributed by atoms with E-state index in [2.05, 4.69) is 9.47 Å². The molecule has 0 aliphatic heterocycles. The summed E-state index contributed by atoms with van der Waals surface area (Å²) in [4.78, 5) is 21.9. The van der Waals surface area contributed by atoms with Gasteiger partial charge in [-0.1, -0.05) is 11.6 Å². The standard InChI is InChI=1S/C8H9Cl3O4/c9-1-3-14-7(12)5-6(11)8(13)15-4-2-10/h5H,1-4H2/b6-5-. The van der Waals surface area contributed by atoms with E-state index in [-0.39, 0.29) is 30.0 Å². The molecule has 0 aliphatic carbocycles. The lowest BCUT2D eigenvalue weighted by Gasteiger charge is -2.01. The molecule has 0 aromatic carbocycles. The Morgan fingerprint density at radius 2 is 1.60 bits per heavy atom. The Bertz CT molecular complexity index is 252. The molecule has 7 heteroatoms. The zero-order chi connectivity index (χ0) is 11.7. The van der Waals surface area contributed by atoms with Gasteiger partial charge in [-0.05, 0) is 0 Å². The summed E-state index contributed by atoms with van der Waals surface area (Å²) in [6.45, 7) is 0.0823. The number of rotatable bonds is 6. The summed E-state index contributed by atoms with van der Waals surface area (Å²) in [6.07, 6.45) is 0.824. The van der Waals surface area contributed by atoms with Gasteiger partial charge in [-0.2, -0.15) is 0 Å². The summed E-state index contributed by atoms with van der Waals surface area (Å²) < 4.78 is 9.10. The summed E-state index contributed by atoms with van der Waals surface area (Å²) >= 11 is 16.0. The molecule has 0 N–H and O–H groups in total.